The summed E-state index contributed by atoms with van der Waals surface area (Å²) in [5.74, 6) is 2.38. The van der Waals surface area contributed by atoms with Crippen molar-refractivity contribution in [3.8, 4) is 0 Å². The molecule has 2 aliphatic heterocycles. The van der Waals surface area contributed by atoms with E-state index in [-0.39, 0.29) is 6.10 Å². The predicted molar refractivity (Wildman–Crippen MR) is 80.9 cm³/mol. The van der Waals surface area contributed by atoms with Crippen molar-refractivity contribution in [2.45, 2.75) is 43.6 Å². The van der Waals surface area contributed by atoms with Crippen molar-refractivity contribution in [3.63, 3.8) is 0 Å². The van der Waals surface area contributed by atoms with E-state index >= 15 is 0 Å². The highest BCUT2D eigenvalue weighted by Gasteiger charge is 2.27. The average Bonchev–Trinajstić information content (AvgIpc) is 3.19. The Balaban J connectivity index is 1.75. The highest BCUT2D eigenvalue weighted by Crippen LogP contribution is 2.33. The summed E-state index contributed by atoms with van der Waals surface area (Å²) in [7, 11) is 0. The maximum atomic E-state index is 5.86. The molecule has 0 aromatic carbocycles. The standard InChI is InChI=1S/C15H19N3OS/c1-5-12-14(16-7-1)18(10-11-4-3-9-20-11)15(17-12)13-6-2-8-19-13/h1,5,7,11,13H,2-4,6,8-10H2. The third kappa shape index (κ3) is 2.23. The molecule has 4 nitrogen and oxygen atoms in total. The molecule has 5 heteroatoms. The molecule has 20 heavy (non-hydrogen) atoms. The van der Waals surface area contributed by atoms with E-state index in [1.807, 2.05) is 12.3 Å². The van der Waals surface area contributed by atoms with Gasteiger partial charge in [0.25, 0.3) is 0 Å². The van der Waals surface area contributed by atoms with Gasteiger partial charge >= 0.3 is 0 Å². The molecule has 106 valence electrons. The lowest BCUT2D eigenvalue weighted by Gasteiger charge is -2.16. The molecule has 2 aromatic heterocycles. The number of thioether (sulfide) groups is 1. The van der Waals surface area contributed by atoms with Crippen LogP contribution in [-0.2, 0) is 11.3 Å². The minimum Gasteiger partial charge on any atom is -0.370 e. The smallest absolute Gasteiger partial charge is 0.160 e. The fraction of sp³-hybridized carbons (Fsp3) is 0.600. The van der Waals surface area contributed by atoms with E-state index in [0.29, 0.717) is 5.25 Å². The first-order valence-corrected chi connectivity index (χ1v) is 8.51. The number of aromatic nitrogens is 3. The fourth-order valence-corrected chi connectivity index (χ4v) is 4.43. The van der Waals surface area contributed by atoms with Crippen LogP contribution in [0.5, 0.6) is 0 Å². The summed E-state index contributed by atoms with van der Waals surface area (Å²) in [5.41, 5.74) is 2.02. The predicted octanol–water partition coefficient (Wildman–Crippen LogP) is 3.18. The van der Waals surface area contributed by atoms with Gasteiger partial charge in [0.15, 0.2) is 5.65 Å². The van der Waals surface area contributed by atoms with Gasteiger partial charge in [-0.25, -0.2) is 9.97 Å². The van der Waals surface area contributed by atoms with Crippen molar-refractivity contribution in [1.29, 1.82) is 0 Å². The van der Waals surface area contributed by atoms with Crippen LogP contribution in [0, 0.1) is 0 Å². The van der Waals surface area contributed by atoms with E-state index < -0.39 is 0 Å². The second-order valence-electron chi connectivity index (χ2n) is 5.56. The summed E-state index contributed by atoms with van der Waals surface area (Å²) in [6, 6.07) is 4.02. The number of fused-ring (bicyclic) bond motifs is 1. The van der Waals surface area contributed by atoms with Gasteiger partial charge in [0.2, 0.25) is 0 Å². The van der Waals surface area contributed by atoms with Crippen LogP contribution in [0.1, 0.15) is 37.6 Å². The van der Waals surface area contributed by atoms with Gasteiger partial charge in [-0.1, -0.05) is 0 Å². The summed E-state index contributed by atoms with van der Waals surface area (Å²) in [5, 5.41) is 0.703. The molecule has 0 amide bonds. The van der Waals surface area contributed by atoms with Gasteiger partial charge in [-0.15, -0.1) is 0 Å². The Labute approximate surface area is 122 Å². The van der Waals surface area contributed by atoms with Crippen LogP contribution in [0.15, 0.2) is 18.3 Å². The van der Waals surface area contributed by atoms with Crippen molar-refractivity contribution < 1.29 is 4.74 Å². The number of pyridine rings is 1. The van der Waals surface area contributed by atoms with Gasteiger partial charge < -0.3 is 9.30 Å². The lowest BCUT2D eigenvalue weighted by molar-refractivity contribution is 0.102. The van der Waals surface area contributed by atoms with Crippen LogP contribution in [0.2, 0.25) is 0 Å². The zero-order valence-corrected chi connectivity index (χ0v) is 12.3. The topological polar surface area (TPSA) is 39.9 Å². The van der Waals surface area contributed by atoms with Crippen molar-refractivity contribution in [2.24, 2.45) is 0 Å². The lowest BCUT2D eigenvalue weighted by Crippen LogP contribution is -2.15. The van der Waals surface area contributed by atoms with Gasteiger partial charge in [0.1, 0.15) is 17.4 Å². The second kappa shape index (κ2) is 5.37. The van der Waals surface area contributed by atoms with Gasteiger partial charge in [-0.05, 0) is 43.6 Å². The summed E-state index contributed by atoms with van der Waals surface area (Å²) in [6.45, 7) is 1.88. The van der Waals surface area contributed by atoms with Crippen molar-refractivity contribution in [1.82, 2.24) is 14.5 Å². The molecule has 4 heterocycles. The number of imidazole rings is 1. The van der Waals surface area contributed by atoms with E-state index in [4.69, 9.17) is 9.72 Å². The normalized spacial score (nSPS) is 26.6. The first kappa shape index (κ1) is 12.7. The Morgan fingerprint density at radius 2 is 2.35 bits per heavy atom. The van der Waals surface area contributed by atoms with Crippen molar-refractivity contribution in [3.05, 3.63) is 24.2 Å². The largest absolute Gasteiger partial charge is 0.370 e. The second-order valence-corrected chi connectivity index (χ2v) is 6.97. The number of nitrogens with zero attached hydrogens (tertiary/aromatic N) is 3. The number of hydrogen-bond donors (Lipinski definition) is 0. The summed E-state index contributed by atoms with van der Waals surface area (Å²) in [4.78, 5) is 9.35. The molecule has 2 saturated heterocycles. The molecule has 0 spiro atoms. The molecule has 2 aromatic rings. The Kier molecular flexibility index (Phi) is 3.40. The molecule has 0 radical (unpaired) electrons. The summed E-state index contributed by atoms with van der Waals surface area (Å²) >= 11 is 2.08. The monoisotopic (exact) mass is 289 g/mol. The maximum absolute atomic E-state index is 5.86. The third-order valence-electron chi connectivity index (χ3n) is 4.16. The molecule has 0 aliphatic carbocycles. The number of ether oxygens (including phenoxy) is 1. The van der Waals surface area contributed by atoms with E-state index in [9.17, 15) is 0 Å². The first-order valence-electron chi connectivity index (χ1n) is 7.46. The number of hydrogen-bond acceptors (Lipinski definition) is 4. The van der Waals surface area contributed by atoms with E-state index in [1.54, 1.807) is 0 Å². The minimum atomic E-state index is 0.163. The van der Waals surface area contributed by atoms with Gasteiger partial charge in [-0.2, -0.15) is 11.8 Å². The Morgan fingerprint density at radius 3 is 3.15 bits per heavy atom. The van der Waals surface area contributed by atoms with E-state index in [2.05, 4.69) is 27.4 Å². The molecule has 2 fully saturated rings. The average molecular weight is 289 g/mol. The van der Waals surface area contributed by atoms with Crippen LogP contribution in [0.25, 0.3) is 11.2 Å². The Bertz CT molecular complexity index is 600. The highest BCUT2D eigenvalue weighted by atomic mass is 32.2. The van der Waals surface area contributed by atoms with Crippen LogP contribution < -0.4 is 0 Å². The molecule has 2 unspecified atom stereocenters. The molecule has 0 bridgehead atoms. The molecule has 0 saturated carbocycles. The molecular formula is C15H19N3OS. The molecular weight excluding hydrogens is 270 g/mol. The van der Waals surface area contributed by atoms with Crippen molar-refractivity contribution in [2.75, 3.05) is 12.4 Å². The Morgan fingerprint density at radius 1 is 1.35 bits per heavy atom. The molecule has 2 atom stereocenters. The van der Waals surface area contributed by atoms with Crippen molar-refractivity contribution >= 4 is 22.9 Å². The van der Waals surface area contributed by atoms with Gasteiger partial charge in [0.05, 0.1) is 0 Å². The first-order chi connectivity index (χ1) is 9.92. The molecule has 0 N–H and O–H groups in total. The molecule has 2 aliphatic rings. The summed E-state index contributed by atoms with van der Waals surface area (Å²) < 4.78 is 8.17. The maximum Gasteiger partial charge on any atom is 0.160 e. The Hall–Kier alpha value is -1.07. The van der Waals surface area contributed by atoms with Gasteiger partial charge in [-0.3, -0.25) is 0 Å². The van der Waals surface area contributed by atoms with Crippen LogP contribution >= 0.6 is 11.8 Å². The SMILES string of the molecule is c1cnc2c(c1)nc(C1CCCO1)n2CC1CCCS1. The number of rotatable bonds is 3. The zero-order valence-electron chi connectivity index (χ0n) is 11.5. The quantitative estimate of drug-likeness (QED) is 0.870. The zero-order chi connectivity index (χ0) is 13.4. The minimum absolute atomic E-state index is 0.163. The van der Waals surface area contributed by atoms with Crippen LogP contribution in [0.3, 0.4) is 0 Å². The third-order valence-corrected chi connectivity index (χ3v) is 5.54. The fourth-order valence-electron chi connectivity index (χ4n) is 3.18. The lowest BCUT2D eigenvalue weighted by atomic mass is 10.2. The highest BCUT2D eigenvalue weighted by molar-refractivity contribution is 8.00. The van der Waals surface area contributed by atoms with Crippen LogP contribution in [0.4, 0.5) is 0 Å². The van der Waals surface area contributed by atoms with E-state index in [0.717, 1.165) is 43.0 Å². The summed E-state index contributed by atoms with van der Waals surface area (Å²) in [6.07, 6.45) is 6.89. The van der Waals surface area contributed by atoms with E-state index in [1.165, 1.54) is 18.6 Å². The van der Waals surface area contributed by atoms with Crippen LogP contribution in [-0.4, -0.2) is 32.1 Å². The molecule has 4 rings (SSSR count). The van der Waals surface area contributed by atoms with Gasteiger partial charge in [0, 0.05) is 24.6 Å².